The van der Waals surface area contributed by atoms with Gasteiger partial charge in [-0.1, -0.05) is 65.7 Å². The summed E-state index contributed by atoms with van der Waals surface area (Å²) in [6.07, 6.45) is 0. The van der Waals surface area contributed by atoms with Crippen LogP contribution in [0.25, 0.3) is 0 Å². The largest absolute Gasteiger partial charge is 1.00 e. The molecule has 0 amide bonds. The molecule has 4 heteroatoms. The van der Waals surface area contributed by atoms with Gasteiger partial charge in [0.15, 0.2) is 0 Å². The van der Waals surface area contributed by atoms with Crippen LogP contribution in [0.4, 0.5) is 0 Å². The zero-order valence-corrected chi connectivity index (χ0v) is 14.9. The molecule has 3 aromatic rings. The summed E-state index contributed by atoms with van der Waals surface area (Å²) in [5, 5.41) is 5.02. The fourth-order valence-corrected chi connectivity index (χ4v) is 5.67. The maximum absolute atomic E-state index is 6.48. The summed E-state index contributed by atoms with van der Waals surface area (Å²) in [5.41, 5.74) is 0. The fourth-order valence-electron chi connectivity index (χ4n) is 2.38. The Labute approximate surface area is 148 Å². The molecule has 0 nitrogen and oxygen atoms in total. The van der Waals surface area contributed by atoms with Crippen molar-refractivity contribution in [2.75, 3.05) is 0 Å². The zero-order valence-electron chi connectivity index (χ0n) is 11.6. The minimum Gasteiger partial charge on any atom is -1.00 e. The van der Waals surface area contributed by atoms with E-state index in [4.69, 9.17) is 23.2 Å². The Balaban J connectivity index is 0.00000176. The molecular weight excluding hydrogens is 354 g/mol. The van der Waals surface area contributed by atoms with Gasteiger partial charge in [0.2, 0.25) is 0 Å². The monoisotopic (exact) mass is 366 g/mol. The molecule has 0 aliphatic carbocycles. The van der Waals surface area contributed by atoms with Crippen LogP contribution >= 0.6 is 31.1 Å². The van der Waals surface area contributed by atoms with Crippen molar-refractivity contribution >= 4 is 47.0 Å². The van der Waals surface area contributed by atoms with E-state index in [1.807, 2.05) is 24.3 Å². The van der Waals surface area contributed by atoms with Crippen molar-refractivity contribution in [1.82, 2.24) is 0 Å². The first kappa shape index (κ1) is 17.3. The standard InChI is InChI=1S/C18H13Cl2P.ClH/c19-16-12-7-13-17(18(16)20)21(14-8-3-1-4-9-14)15-10-5-2-6-11-15;/h1-13H;1H. The van der Waals surface area contributed by atoms with Gasteiger partial charge in [-0.2, -0.15) is 0 Å². The zero-order chi connectivity index (χ0) is 14.7. The van der Waals surface area contributed by atoms with Gasteiger partial charge in [-0.05, 0) is 36.4 Å². The fraction of sp³-hybridized carbons (Fsp3) is 0. The van der Waals surface area contributed by atoms with Gasteiger partial charge in [0.05, 0.1) is 5.02 Å². The highest BCUT2D eigenvalue weighted by Gasteiger charge is 2.28. The first-order valence-corrected chi connectivity index (χ1v) is 8.95. The second kappa shape index (κ2) is 7.99. The van der Waals surface area contributed by atoms with Gasteiger partial charge in [0.25, 0.3) is 0 Å². The van der Waals surface area contributed by atoms with Crippen molar-refractivity contribution in [1.29, 1.82) is 0 Å². The molecule has 0 fully saturated rings. The molecule has 3 aromatic carbocycles. The van der Waals surface area contributed by atoms with Crippen molar-refractivity contribution in [2.24, 2.45) is 0 Å². The van der Waals surface area contributed by atoms with Crippen LogP contribution in [0.3, 0.4) is 0 Å². The molecule has 0 aliphatic rings. The normalized spacial score (nSPS) is 10.3. The molecule has 0 bridgehead atoms. The van der Waals surface area contributed by atoms with Gasteiger partial charge in [0, 0.05) is 0 Å². The maximum Gasteiger partial charge on any atom is 0.122 e. The predicted molar refractivity (Wildman–Crippen MR) is 96.6 cm³/mol. The molecule has 0 saturated carbocycles. The summed E-state index contributed by atoms with van der Waals surface area (Å²) >= 11 is 12.7. The van der Waals surface area contributed by atoms with Crippen LogP contribution in [-0.4, -0.2) is 0 Å². The first-order chi connectivity index (χ1) is 10.3. The molecule has 22 heavy (non-hydrogen) atoms. The van der Waals surface area contributed by atoms with E-state index in [2.05, 4.69) is 54.6 Å². The number of halogens is 3. The third-order valence-corrected chi connectivity index (χ3v) is 7.10. The van der Waals surface area contributed by atoms with E-state index in [1.165, 1.54) is 10.6 Å². The highest BCUT2D eigenvalue weighted by atomic mass is 35.5. The van der Waals surface area contributed by atoms with Gasteiger partial charge in [-0.25, -0.2) is 0 Å². The summed E-state index contributed by atoms with van der Waals surface area (Å²) in [5.74, 6) is 0. The van der Waals surface area contributed by atoms with Gasteiger partial charge in [0.1, 0.15) is 28.9 Å². The highest BCUT2D eigenvalue weighted by molar-refractivity contribution is 7.80. The van der Waals surface area contributed by atoms with Gasteiger partial charge in [-0.15, -0.1) is 0 Å². The van der Waals surface area contributed by atoms with Crippen LogP contribution in [0, 0.1) is 0 Å². The van der Waals surface area contributed by atoms with Crippen molar-refractivity contribution < 1.29 is 12.4 Å². The van der Waals surface area contributed by atoms with E-state index in [0.29, 0.717) is 10.0 Å². The second-order valence-electron chi connectivity index (χ2n) is 4.71. The average molecular weight is 368 g/mol. The van der Waals surface area contributed by atoms with Crippen LogP contribution in [0.2, 0.25) is 10.0 Å². The van der Waals surface area contributed by atoms with Crippen LogP contribution in [0.5, 0.6) is 0 Å². The molecule has 112 valence electrons. The molecule has 3 rings (SSSR count). The van der Waals surface area contributed by atoms with E-state index in [-0.39, 0.29) is 12.4 Å². The second-order valence-corrected chi connectivity index (χ2v) is 7.94. The number of hydrogen-bond acceptors (Lipinski definition) is 0. The Kier molecular flexibility index (Phi) is 6.29. The Morgan fingerprint density at radius 3 is 1.59 bits per heavy atom. The average Bonchev–Trinajstić information content (AvgIpc) is 2.54. The third kappa shape index (κ3) is 3.65. The molecule has 0 radical (unpaired) electrons. The van der Waals surface area contributed by atoms with Crippen molar-refractivity contribution in [3.63, 3.8) is 0 Å². The lowest BCUT2D eigenvalue weighted by Gasteiger charge is -2.12. The van der Waals surface area contributed by atoms with Gasteiger partial charge < -0.3 is 12.4 Å². The summed E-state index contributed by atoms with van der Waals surface area (Å²) in [6.45, 7) is 0. The van der Waals surface area contributed by atoms with E-state index < -0.39 is 7.92 Å². The number of rotatable bonds is 3. The molecule has 0 aliphatic heterocycles. The number of benzene rings is 3. The highest BCUT2D eigenvalue weighted by Crippen LogP contribution is 2.37. The lowest BCUT2D eigenvalue weighted by molar-refractivity contribution is -0.00000379. The van der Waals surface area contributed by atoms with Crippen LogP contribution in [0.1, 0.15) is 0 Å². The van der Waals surface area contributed by atoms with Gasteiger partial charge >= 0.3 is 0 Å². The lowest BCUT2D eigenvalue weighted by Crippen LogP contribution is -3.00. The molecule has 0 spiro atoms. The summed E-state index contributed by atoms with van der Waals surface area (Å²) in [4.78, 5) is 0. The summed E-state index contributed by atoms with van der Waals surface area (Å²) in [7, 11) is -1.15. The van der Waals surface area contributed by atoms with E-state index in [1.54, 1.807) is 0 Å². The Bertz CT molecular complexity index is 690. The molecule has 0 N–H and O–H groups in total. The molecule has 0 heterocycles. The number of hydrogen-bond donors (Lipinski definition) is 0. The van der Waals surface area contributed by atoms with Gasteiger partial charge in [-0.3, -0.25) is 0 Å². The van der Waals surface area contributed by atoms with Crippen LogP contribution in [0.15, 0.2) is 78.9 Å². The quantitative estimate of drug-likeness (QED) is 0.615. The van der Waals surface area contributed by atoms with E-state index in [9.17, 15) is 0 Å². The molecule has 0 atom stereocenters. The third-order valence-electron chi connectivity index (χ3n) is 3.35. The Hall–Kier alpha value is -1.04. The smallest absolute Gasteiger partial charge is 0.122 e. The van der Waals surface area contributed by atoms with Crippen molar-refractivity contribution in [3.05, 3.63) is 88.9 Å². The van der Waals surface area contributed by atoms with E-state index in [0.717, 1.165) is 5.30 Å². The molecule has 0 saturated heterocycles. The minimum absolute atomic E-state index is 0. The van der Waals surface area contributed by atoms with Crippen molar-refractivity contribution in [2.45, 2.75) is 0 Å². The molecule has 0 unspecified atom stereocenters. The lowest BCUT2D eigenvalue weighted by atomic mass is 10.3. The van der Waals surface area contributed by atoms with Crippen LogP contribution in [-0.2, 0) is 0 Å². The summed E-state index contributed by atoms with van der Waals surface area (Å²) < 4.78 is 0. The summed E-state index contributed by atoms with van der Waals surface area (Å²) in [6, 6.07) is 26.9. The first-order valence-electron chi connectivity index (χ1n) is 6.69. The predicted octanol–water partition coefficient (Wildman–Crippen LogP) is 1.49. The SMILES string of the molecule is Clc1cccc([PH+](c2ccccc2)c2ccccc2)c1Cl.[Cl-]. The minimum atomic E-state index is -1.15. The van der Waals surface area contributed by atoms with E-state index >= 15 is 0 Å². The molecular formula is C18H14Cl3P. The molecule has 0 aromatic heterocycles. The van der Waals surface area contributed by atoms with Crippen LogP contribution < -0.4 is 28.3 Å². The Morgan fingerprint density at radius 1 is 0.591 bits per heavy atom. The Morgan fingerprint density at radius 2 is 1.09 bits per heavy atom. The maximum atomic E-state index is 6.48. The van der Waals surface area contributed by atoms with Crippen molar-refractivity contribution in [3.8, 4) is 0 Å². The topological polar surface area (TPSA) is 0 Å².